The van der Waals surface area contributed by atoms with Crippen molar-refractivity contribution in [3.05, 3.63) is 34.9 Å². The Labute approximate surface area is 110 Å². The molecule has 0 saturated heterocycles. The molecule has 0 aromatic heterocycles. The summed E-state index contributed by atoms with van der Waals surface area (Å²) >= 11 is 6.10. The number of hydrogen-bond donors (Lipinski definition) is 1. The Hall–Kier alpha value is -0.530. The van der Waals surface area contributed by atoms with E-state index in [1.807, 2.05) is 6.07 Å². The average Bonchev–Trinajstić information content (AvgIpc) is 2.21. The van der Waals surface area contributed by atoms with Crippen molar-refractivity contribution < 1.29 is 0 Å². The lowest BCUT2D eigenvalue weighted by Gasteiger charge is -2.43. The highest BCUT2D eigenvalue weighted by Gasteiger charge is 2.38. The molecule has 1 aromatic rings. The summed E-state index contributed by atoms with van der Waals surface area (Å²) in [5.74, 6) is 0.714. The van der Waals surface area contributed by atoms with Gasteiger partial charge in [0.25, 0.3) is 0 Å². The molecule has 0 aliphatic heterocycles. The van der Waals surface area contributed by atoms with Gasteiger partial charge >= 0.3 is 0 Å². The minimum atomic E-state index is 0.347. The molecule has 2 rings (SSSR count). The summed E-state index contributed by atoms with van der Waals surface area (Å²) in [4.78, 5) is 0. The van der Waals surface area contributed by atoms with Gasteiger partial charge in [0.1, 0.15) is 0 Å². The van der Waals surface area contributed by atoms with Crippen molar-refractivity contribution in [3.8, 4) is 0 Å². The smallest absolute Gasteiger partial charge is 0.0408 e. The number of halogens is 1. The van der Waals surface area contributed by atoms with Gasteiger partial charge in [-0.15, -0.1) is 0 Å². The SMILES string of the molecule is CC(C)CNCC1(c2cccc(Cl)c2)CCC1. The molecule has 0 spiro atoms. The minimum absolute atomic E-state index is 0.347. The Balaban J connectivity index is 2.04. The van der Waals surface area contributed by atoms with Gasteiger partial charge in [-0.25, -0.2) is 0 Å². The second-order valence-corrected chi connectivity index (χ2v) is 6.11. The van der Waals surface area contributed by atoms with Gasteiger partial charge in [-0.05, 0) is 43.0 Å². The Morgan fingerprint density at radius 2 is 2.12 bits per heavy atom. The molecule has 0 unspecified atom stereocenters. The fourth-order valence-corrected chi connectivity index (χ4v) is 2.78. The molecule has 0 amide bonds. The number of nitrogens with one attached hydrogen (secondary N) is 1. The van der Waals surface area contributed by atoms with E-state index in [1.165, 1.54) is 24.8 Å². The van der Waals surface area contributed by atoms with Gasteiger partial charge in [-0.3, -0.25) is 0 Å². The van der Waals surface area contributed by atoms with E-state index in [9.17, 15) is 0 Å². The monoisotopic (exact) mass is 251 g/mol. The number of rotatable bonds is 5. The van der Waals surface area contributed by atoms with Crippen LogP contribution in [0.3, 0.4) is 0 Å². The van der Waals surface area contributed by atoms with E-state index in [4.69, 9.17) is 11.6 Å². The summed E-state index contributed by atoms with van der Waals surface area (Å²) in [7, 11) is 0. The molecule has 1 aliphatic rings. The zero-order valence-electron chi connectivity index (χ0n) is 10.8. The van der Waals surface area contributed by atoms with Crippen molar-refractivity contribution in [2.24, 2.45) is 5.92 Å². The quantitative estimate of drug-likeness (QED) is 0.834. The highest BCUT2D eigenvalue weighted by atomic mass is 35.5. The first-order valence-electron chi connectivity index (χ1n) is 6.59. The molecule has 1 aromatic carbocycles. The van der Waals surface area contributed by atoms with Gasteiger partial charge in [0, 0.05) is 17.0 Å². The Morgan fingerprint density at radius 3 is 2.65 bits per heavy atom. The fourth-order valence-electron chi connectivity index (χ4n) is 2.59. The third kappa shape index (κ3) is 3.02. The van der Waals surface area contributed by atoms with Crippen molar-refractivity contribution in [2.45, 2.75) is 38.5 Å². The molecule has 0 heterocycles. The Morgan fingerprint density at radius 1 is 1.35 bits per heavy atom. The van der Waals surface area contributed by atoms with E-state index in [1.54, 1.807) is 0 Å². The average molecular weight is 252 g/mol. The summed E-state index contributed by atoms with van der Waals surface area (Å²) in [6.07, 6.45) is 3.92. The van der Waals surface area contributed by atoms with Gasteiger partial charge < -0.3 is 5.32 Å². The van der Waals surface area contributed by atoms with Crippen molar-refractivity contribution in [2.75, 3.05) is 13.1 Å². The molecule has 0 radical (unpaired) electrons. The van der Waals surface area contributed by atoms with E-state index >= 15 is 0 Å². The summed E-state index contributed by atoms with van der Waals surface area (Å²) in [5.41, 5.74) is 1.76. The maximum atomic E-state index is 6.10. The molecule has 1 saturated carbocycles. The van der Waals surface area contributed by atoms with E-state index in [-0.39, 0.29) is 0 Å². The van der Waals surface area contributed by atoms with Crippen molar-refractivity contribution in [3.63, 3.8) is 0 Å². The van der Waals surface area contributed by atoms with Crippen LogP contribution in [0.4, 0.5) is 0 Å². The standard InChI is InChI=1S/C15H22ClN/c1-12(2)10-17-11-15(7-4-8-15)13-5-3-6-14(16)9-13/h3,5-6,9,12,17H,4,7-8,10-11H2,1-2H3. The van der Waals surface area contributed by atoms with Crippen LogP contribution in [0.2, 0.25) is 5.02 Å². The lowest BCUT2D eigenvalue weighted by atomic mass is 9.64. The topological polar surface area (TPSA) is 12.0 Å². The highest BCUT2D eigenvalue weighted by molar-refractivity contribution is 6.30. The van der Waals surface area contributed by atoms with E-state index in [0.717, 1.165) is 18.1 Å². The van der Waals surface area contributed by atoms with Crippen LogP contribution in [0.15, 0.2) is 24.3 Å². The molecule has 0 atom stereocenters. The predicted molar refractivity (Wildman–Crippen MR) is 74.7 cm³/mol. The third-order valence-electron chi connectivity index (χ3n) is 3.76. The van der Waals surface area contributed by atoms with Crippen LogP contribution >= 0.6 is 11.6 Å². The lowest BCUT2D eigenvalue weighted by molar-refractivity contribution is 0.231. The molecule has 17 heavy (non-hydrogen) atoms. The number of benzene rings is 1. The largest absolute Gasteiger partial charge is 0.316 e. The molecule has 1 aliphatic carbocycles. The van der Waals surface area contributed by atoms with Gasteiger partial charge in [0.05, 0.1) is 0 Å². The Kier molecular flexibility index (Phi) is 4.11. The predicted octanol–water partition coefficient (Wildman–Crippen LogP) is 4.01. The number of hydrogen-bond acceptors (Lipinski definition) is 1. The van der Waals surface area contributed by atoms with Crippen LogP contribution < -0.4 is 5.32 Å². The second-order valence-electron chi connectivity index (χ2n) is 5.67. The zero-order valence-corrected chi connectivity index (χ0v) is 11.6. The van der Waals surface area contributed by atoms with Crippen molar-refractivity contribution in [1.82, 2.24) is 5.32 Å². The molecule has 1 N–H and O–H groups in total. The summed E-state index contributed by atoms with van der Waals surface area (Å²) in [6, 6.07) is 8.39. The van der Waals surface area contributed by atoms with Crippen LogP contribution in [0, 0.1) is 5.92 Å². The third-order valence-corrected chi connectivity index (χ3v) is 4.00. The van der Waals surface area contributed by atoms with E-state index < -0.39 is 0 Å². The van der Waals surface area contributed by atoms with Crippen LogP contribution in [0.25, 0.3) is 0 Å². The van der Waals surface area contributed by atoms with Crippen LogP contribution in [0.5, 0.6) is 0 Å². The van der Waals surface area contributed by atoms with Crippen LogP contribution in [-0.2, 0) is 5.41 Å². The first-order valence-corrected chi connectivity index (χ1v) is 6.97. The normalized spacial score (nSPS) is 18.1. The molecule has 1 fully saturated rings. The van der Waals surface area contributed by atoms with Gasteiger partial charge in [0.15, 0.2) is 0 Å². The highest BCUT2D eigenvalue weighted by Crippen LogP contribution is 2.43. The lowest BCUT2D eigenvalue weighted by Crippen LogP contribution is -2.44. The van der Waals surface area contributed by atoms with Gasteiger partial charge in [-0.1, -0.05) is 44.0 Å². The maximum Gasteiger partial charge on any atom is 0.0408 e. The van der Waals surface area contributed by atoms with Crippen LogP contribution in [-0.4, -0.2) is 13.1 Å². The van der Waals surface area contributed by atoms with Crippen LogP contribution in [0.1, 0.15) is 38.7 Å². The first kappa shape index (κ1) is 12.9. The maximum absolute atomic E-state index is 6.10. The summed E-state index contributed by atoms with van der Waals surface area (Å²) < 4.78 is 0. The van der Waals surface area contributed by atoms with Gasteiger partial charge in [0.2, 0.25) is 0 Å². The second kappa shape index (κ2) is 5.41. The zero-order chi connectivity index (χ0) is 12.3. The molecule has 94 valence electrons. The molecular formula is C15H22ClN. The molecule has 1 nitrogen and oxygen atoms in total. The van der Waals surface area contributed by atoms with Crippen molar-refractivity contribution >= 4 is 11.6 Å². The molecule has 0 bridgehead atoms. The van der Waals surface area contributed by atoms with E-state index in [2.05, 4.69) is 37.4 Å². The summed E-state index contributed by atoms with van der Waals surface area (Å²) in [5, 5.41) is 4.46. The minimum Gasteiger partial charge on any atom is -0.316 e. The summed E-state index contributed by atoms with van der Waals surface area (Å²) in [6.45, 7) is 6.69. The van der Waals surface area contributed by atoms with Crippen molar-refractivity contribution in [1.29, 1.82) is 0 Å². The van der Waals surface area contributed by atoms with Gasteiger partial charge in [-0.2, -0.15) is 0 Å². The molecular weight excluding hydrogens is 230 g/mol. The first-order chi connectivity index (χ1) is 8.12. The molecule has 2 heteroatoms. The Bertz CT molecular complexity index is 369. The van der Waals surface area contributed by atoms with E-state index in [0.29, 0.717) is 11.3 Å². The fraction of sp³-hybridized carbons (Fsp3) is 0.600.